The lowest BCUT2D eigenvalue weighted by molar-refractivity contribution is -0.130. The Bertz CT molecular complexity index is 1110. The summed E-state index contributed by atoms with van der Waals surface area (Å²) in [6, 6.07) is 7.14. The Hall–Kier alpha value is -3.29. The lowest BCUT2D eigenvalue weighted by Crippen LogP contribution is -2.49. The smallest absolute Gasteiger partial charge is 0.242 e. The first-order valence-electron chi connectivity index (χ1n) is 9.75. The maximum absolute atomic E-state index is 14.3. The Morgan fingerprint density at radius 2 is 1.87 bits per heavy atom. The Labute approximate surface area is 170 Å². The second kappa shape index (κ2) is 8.22. The summed E-state index contributed by atoms with van der Waals surface area (Å²) in [6.45, 7) is 0.213. The van der Waals surface area contributed by atoms with Crippen molar-refractivity contribution in [2.24, 2.45) is 0 Å². The van der Waals surface area contributed by atoms with E-state index in [-0.39, 0.29) is 23.9 Å². The average Bonchev–Trinajstić information content (AvgIpc) is 3.07. The zero-order chi connectivity index (χ0) is 21.3. The van der Waals surface area contributed by atoms with Gasteiger partial charge in [-0.3, -0.25) is 9.59 Å². The number of piperidine rings is 1. The maximum atomic E-state index is 14.3. The lowest BCUT2D eigenvalue weighted by Gasteiger charge is -2.22. The molecule has 0 unspecified atom stereocenters. The highest BCUT2D eigenvalue weighted by Gasteiger charge is 2.24. The van der Waals surface area contributed by atoms with Crippen LogP contribution in [0.15, 0.2) is 36.4 Å². The molecule has 0 bridgehead atoms. The van der Waals surface area contributed by atoms with E-state index in [2.05, 4.69) is 15.6 Å². The fourth-order valence-corrected chi connectivity index (χ4v) is 3.83. The molecule has 3 aromatic rings. The maximum Gasteiger partial charge on any atom is 0.242 e. The molecule has 1 aliphatic heterocycles. The molecule has 5 nitrogen and oxygen atoms in total. The summed E-state index contributed by atoms with van der Waals surface area (Å²) in [5.41, 5.74) is 1.92. The molecule has 1 atom stereocenters. The summed E-state index contributed by atoms with van der Waals surface area (Å²) < 4.78 is 41.5. The summed E-state index contributed by atoms with van der Waals surface area (Å²) >= 11 is 0. The van der Waals surface area contributed by atoms with Gasteiger partial charge in [0.05, 0.1) is 5.52 Å². The zero-order valence-electron chi connectivity index (χ0n) is 16.0. The number of amides is 2. The van der Waals surface area contributed by atoms with Gasteiger partial charge in [-0.05, 0) is 60.7 Å². The number of aromatic nitrogens is 1. The minimum Gasteiger partial charge on any atom is -0.354 e. The highest BCUT2D eigenvalue weighted by molar-refractivity contribution is 5.92. The third-order valence-corrected chi connectivity index (χ3v) is 5.29. The van der Waals surface area contributed by atoms with Gasteiger partial charge in [-0.2, -0.15) is 0 Å². The molecule has 1 aromatic heterocycles. The fourth-order valence-electron chi connectivity index (χ4n) is 3.83. The van der Waals surface area contributed by atoms with Crippen molar-refractivity contribution in [1.29, 1.82) is 0 Å². The predicted octanol–water partition coefficient (Wildman–Crippen LogP) is 3.58. The van der Waals surface area contributed by atoms with Crippen LogP contribution in [-0.4, -0.2) is 29.4 Å². The van der Waals surface area contributed by atoms with Gasteiger partial charge < -0.3 is 15.6 Å². The summed E-state index contributed by atoms with van der Waals surface area (Å²) in [6.07, 6.45) is 1.93. The fraction of sp³-hybridized carbons (Fsp3) is 0.273. The third-order valence-electron chi connectivity index (χ3n) is 5.29. The Morgan fingerprint density at radius 1 is 1.10 bits per heavy atom. The van der Waals surface area contributed by atoms with Gasteiger partial charge in [0.15, 0.2) is 0 Å². The number of nitrogens with one attached hydrogen (secondary N) is 3. The Balaban J connectivity index is 1.60. The molecule has 2 aromatic carbocycles. The molecular weight excluding hydrogens is 395 g/mol. The van der Waals surface area contributed by atoms with E-state index < -0.39 is 23.5 Å². The highest BCUT2D eigenvalue weighted by atomic mass is 19.1. The second-order valence-corrected chi connectivity index (χ2v) is 7.35. The van der Waals surface area contributed by atoms with E-state index in [1.54, 1.807) is 12.1 Å². The zero-order valence-corrected chi connectivity index (χ0v) is 16.0. The summed E-state index contributed by atoms with van der Waals surface area (Å²) in [4.78, 5) is 26.8. The number of fused-ring (bicyclic) bond motifs is 1. The molecule has 4 rings (SSSR count). The van der Waals surface area contributed by atoms with Gasteiger partial charge >= 0.3 is 0 Å². The van der Waals surface area contributed by atoms with Crippen molar-refractivity contribution in [2.45, 2.75) is 31.7 Å². The molecule has 0 radical (unpaired) electrons. The lowest BCUT2D eigenvalue weighted by atomic mass is 10.0. The normalized spacial score (nSPS) is 16.5. The molecule has 1 aliphatic rings. The quantitative estimate of drug-likeness (QED) is 0.596. The monoisotopic (exact) mass is 415 g/mol. The minimum atomic E-state index is -0.728. The van der Waals surface area contributed by atoms with Crippen LogP contribution < -0.4 is 10.6 Å². The topological polar surface area (TPSA) is 74.0 Å². The molecule has 156 valence electrons. The molecule has 2 amide bonds. The van der Waals surface area contributed by atoms with Crippen molar-refractivity contribution < 1.29 is 22.8 Å². The van der Waals surface area contributed by atoms with E-state index in [0.29, 0.717) is 47.9 Å². The third kappa shape index (κ3) is 4.03. The molecule has 0 aliphatic carbocycles. The van der Waals surface area contributed by atoms with Crippen LogP contribution in [0.2, 0.25) is 0 Å². The summed E-state index contributed by atoms with van der Waals surface area (Å²) in [5.74, 6) is -2.28. The second-order valence-electron chi connectivity index (χ2n) is 7.35. The first kappa shape index (κ1) is 20.0. The first-order valence-corrected chi connectivity index (χ1v) is 9.75. The number of aromatic amines is 1. The van der Waals surface area contributed by atoms with Crippen LogP contribution >= 0.6 is 0 Å². The van der Waals surface area contributed by atoms with Crippen LogP contribution in [0.3, 0.4) is 0 Å². The average molecular weight is 415 g/mol. The molecule has 1 fully saturated rings. The largest absolute Gasteiger partial charge is 0.354 e. The highest BCUT2D eigenvalue weighted by Crippen LogP contribution is 2.32. The Kier molecular flexibility index (Phi) is 5.48. The van der Waals surface area contributed by atoms with Crippen LogP contribution in [0.4, 0.5) is 13.2 Å². The molecule has 3 N–H and O–H groups in total. The number of hydrogen-bond donors (Lipinski definition) is 3. The molecule has 1 saturated heterocycles. The predicted molar refractivity (Wildman–Crippen MR) is 106 cm³/mol. The molecule has 30 heavy (non-hydrogen) atoms. The number of halogens is 3. The first-order chi connectivity index (χ1) is 14.4. The van der Waals surface area contributed by atoms with Crippen molar-refractivity contribution in [3.63, 3.8) is 0 Å². The number of rotatable bonds is 5. The van der Waals surface area contributed by atoms with Crippen molar-refractivity contribution >= 4 is 22.7 Å². The van der Waals surface area contributed by atoms with Gasteiger partial charge in [-0.1, -0.05) is 0 Å². The van der Waals surface area contributed by atoms with E-state index in [0.717, 1.165) is 6.07 Å². The van der Waals surface area contributed by atoms with Gasteiger partial charge in [-0.15, -0.1) is 0 Å². The van der Waals surface area contributed by atoms with Crippen molar-refractivity contribution in [2.75, 3.05) is 6.54 Å². The van der Waals surface area contributed by atoms with Gasteiger partial charge in [0.1, 0.15) is 23.5 Å². The number of carbonyl (C=O) groups excluding carboxylic acids is 2. The van der Waals surface area contributed by atoms with E-state index in [4.69, 9.17) is 0 Å². The minimum absolute atomic E-state index is 0.150. The molecule has 0 spiro atoms. The Morgan fingerprint density at radius 3 is 2.60 bits per heavy atom. The van der Waals surface area contributed by atoms with Crippen LogP contribution in [0, 0.1) is 17.5 Å². The molecule has 0 saturated carbocycles. The van der Waals surface area contributed by atoms with Crippen LogP contribution in [0.25, 0.3) is 22.2 Å². The number of H-pyrrole nitrogens is 1. The summed E-state index contributed by atoms with van der Waals surface area (Å²) in [5, 5.41) is 5.80. The van der Waals surface area contributed by atoms with Gasteiger partial charge in [0.25, 0.3) is 0 Å². The van der Waals surface area contributed by atoms with Crippen LogP contribution in [0.1, 0.15) is 24.8 Å². The number of hydrogen-bond acceptors (Lipinski definition) is 2. The van der Waals surface area contributed by atoms with Crippen molar-refractivity contribution in [3.8, 4) is 11.3 Å². The van der Waals surface area contributed by atoms with Gasteiger partial charge in [0, 0.05) is 30.1 Å². The van der Waals surface area contributed by atoms with Crippen LogP contribution in [0.5, 0.6) is 0 Å². The van der Waals surface area contributed by atoms with E-state index in [1.807, 2.05) is 0 Å². The van der Waals surface area contributed by atoms with E-state index >= 15 is 0 Å². The number of benzene rings is 2. The summed E-state index contributed by atoms with van der Waals surface area (Å²) in [7, 11) is 0. The van der Waals surface area contributed by atoms with Gasteiger partial charge in [-0.25, -0.2) is 13.2 Å². The van der Waals surface area contributed by atoms with Crippen molar-refractivity contribution in [3.05, 3.63) is 59.4 Å². The SMILES string of the molecule is O=C1CCC[C@@H](C(=O)NCCc2c(-c3ccc(F)cc3)[nH]c3c(F)cc(F)cc23)N1. The van der Waals surface area contributed by atoms with Gasteiger partial charge in [0.2, 0.25) is 11.8 Å². The standard InChI is InChI=1S/C22H20F3N3O2/c23-13-6-4-12(5-7-13)20-15(16-10-14(24)11-17(25)21(16)28-20)8-9-26-22(30)18-2-1-3-19(29)27-18/h4-7,10-11,18,28H,1-3,8-9H2,(H,26,30)(H,27,29)/t18-/m0/s1. The molecule has 2 heterocycles. The van der Waals surface area contributed by atoms with Crippen LogP contribution in [-0.2, 0) is 16.0 Å². The van der Waals surface area contributed by atoms with Crippen molar-refractivity contribution in [1.82, 2.24) is 15.6 Å². The molecule has 8 heteroatoms. The number of carbonyl (C=O) groups is 2. The van der Waals surface area contributed by atoms with E-state index in [9.17, 15) is 22.8 Å². The molecular formula is C22H20F3N3O2. The van der Waals surface area contributed by atoms with E-state index in [1.165, 1.54) is 18.2 Å².